The normalized spacial score (nSPS) is 20.0. The van der Waals surface area contributed by atoms with Crippen molar-refractivity contribution in [3.8, 4) is 0 Å². The van der Waals surface area contributed by atoms with E-state index in [1.54, 1.807) is 0 Å². The molecule has 148 valence electrons. The van der Waals surface area contributed by atoms with Gasteiger partial charge in [-0.05, 0) is 56.4 Å². The van der Waals surface area contributed by atoms with E-state index >= 15 is 0 Å². The third-order valence-electron chi connectivity index (χ3n) is 5.93. The summed E-state index contributed by atoms with van der Waals surface area (Å²) in [6.07, 6.45) is 3.40. The monoisotopic (exact) mass is 379 g/mol. The summed E-state index contributed by atoms with van der Waals surface area (Å²) in [4.78, 5) is 17.3. The van der Waals surface area contributed by atoms with Gasteiger partial charge in [-0.25, -0.2) is 0 Å². The fourth-order valence-electron chi connectivity index (χ4n) is 4.33. The lowest BCUT2D eigenvalue weighted by molar-refractivity contribution is -0.117. The lowest BCUT2D eigenvalue weighted by Gasteiger charge is -2.36. The zero-order valence-electron chi connectivity index (χ0n) is 16.5. The van der Waals surface area contributed by atoms with Crippen LogP contribution in [0.4, 0.5) is 17.1 Å². The quantitative estimate of drug-likeness (QED) is 0.855. The van der Waals surface area contributed by atoms with E-state index in [2.05, 4.69) is 35.3 Å². The Labute approximate surface area is 167 Å². The molecule has 0 aliphatic carbocycles. The van der Waals surface area contributed by atoms with Crippen molar-refractivity contribution in [2.24, 2.45) is 0 Å². The first-order valence-corrected chi connectivity index (χ1v) is 10.3. The number of para-hydroxylation sites is 3. The van der Waals surface area contributed by atoms with E-state index in [4.69, 9.17) is 0 Å². The van der Waals surface area contributed by atoms with Crippen LogP contribution in [0.25, 0.3) is 0 Å². The van der Waals surface area contributed by atoms with Gasteiger partial charge in [0.15, 0.2) is 0 Å². The largest absolute Gasteiger partial charge is 0.393 e. The second-order valence-corrected chi connectivity index (χ2v) is 7.87. The van der Waals surface area contributed by atoms with Crippen molar-refractivity contribution >= 4 is 23.0 Å². The molecule has 0 spiro atoms. The van der Waals surface area contributed by atoms with Crippen molar-refractivity contribution in [2.75, 3.05) is 34.8 Å². The Hall–Kier alpha value is -2.53. The van der Waals surface area contributed by atoms with Gasteiger partial charge in [-0.3, -0.25) is 4.79 Å². The number of benzene rings is 2. The van der Waals surface area contributed by atoms with Crippen LogP contribution < -0.4 is 15.1 Å². The predicted octanol–water partition coefficient (Wildman–Crippen LogP) is 3.43. The molecule has 1 amide bonds. The van der Waals surface area contributed by atoms with E-state index in [0.29, 0.717) is 0 Å². The summed E-state index contributed by atoms with van der Waals surface area (Å²) in [5, 5.41) is 13.2. The van der Waals surface area contributed by atoms with Gasteiger partial charge in [0.1, 0.15) is 0 Å². The lowest BCUT2D eigenvalue weighted by Crippen LogP contribution is -2.45. The number of fused-ring (bicyclic) bond motifs is 1. The average molecular weight is 380 g/mol. The zero-order chi connectivity index (χ0) is 19.5. The minimum atomic E-state index is -0.196. The van der Waals surface area contributed by atoms with E-state index in [1.165, 1.54) is 5.56 Å². The molecule has 1 fully saturated rings. The molecule has 2 N–H and O–H groups in total. The van der Waals surface area contributed by atoms with Crippen molar-refractivity contribution in [3.05, 3.63) is 54.1 Å². The van der Waals surface area contributed by atoms with Gasteiger partial charge in [0.25, 0.3) is 0 Å². The first-order valence-electron chi connectivity index (χ1n) is 10.3. The van der Waals surface area contributed by atoms with Crippen molar-refractivity contribution in [2.45, 2.75) is 44.8 Å². The second kappa shape index (κ2) is 8.23. The highest BCUT2D eigenvalue weighted by Crippen LogP contribution is 2.31. The minimum absolute atomic E-state index is 0.100. The van der Waals surface area contributed by atoms with Crippen LogP contribution in [0.1, 0.15) is 31.7 Å². The molecule has 2 aromatic rings. The van der Waals surface area contributed by atoms with Gasteiger partial charge in [0.2, 0.25) is 5.91 Å². The number of hydrogen-bond acceptors (Lipinski definition) is 4. The number of nitrogens with one attached hydrogen (secondary N) is 1. The first-order chi connectivity index (χ1) is 13.6. The third-order valence-corrected chi connectivity index (χ3v) is 5.93. The number of nitrogens with zero attached hydrogens (tertiary/aromatic N) is 2. The van der Waals surface area contributed by atoms with Crippen LogP contribution >= 0.6 is 0 Å². The molecule has 0 saturated carbocycles. The van der Waals surface area contributed by atoms with Gasteiger partial charge >= 0.3 is 0 Å². The second-order valence-electron chi connectivity index (χ2n) is 7.87. The number of amides is 1. The molecule has 2 aliphatic rings. The minimum Gasteiger partial charge on any atom is -0.393 e. The summed E-state index contributed by atoms with van der Waals surface area (Å²) in [6.45, 7) is 4.07. The number of aliphatic hydroxyl groups excluding tert-OH is 1. The molecule has 2 aliphatic heterocycles. The fourth-order valence-corrected chi connectivity index (χ4v) is 4.33. The third kappa shape index (κ3) is 3.85. The van der Waals surface area contributed by atoms with Crippen molar-refractivity contribution in [1.82, 2.24) is 0 Å². The number of piperidine rings is 1. The maximum atomic E-state index is 13.1. The molecule has 28 heavy (non-hydrogen) atoms. The van der Waals surface area contributed by atoms with Crippen LogP contribution in [-0.2, 0) is 11.2 Å². The molecular weight excluding hydrogens is 350 g/mol. The Bertz CT molecular complexity index is 830. The van der Waals surface area contributed by atoms with E-state index in [1.807, 2.05) is 35.2 Å². The molecule has 2 aromatic carbocycles. The molecule has 5 nitrogen and oxygen atoms in total. The van der Waals surface area contributed by atoms with Gasteiger partial charge in [-0.2, -0.15) is 0 Å². The Morgan fingerprint density at radius 2 is 1.71 bits per heavy atom. The lowest BCUT2D eigenvalue weighted by atomic mass is 9.96. The summed E-state index contributed by atoms with van der Waals surface area (Å²) >= 11 is 0. The molecule has 1 atom stereocenters. The standard InChI is InChI=1S/C23H29N3O2/c1-17-10-11-18-6-2-4-8-21(18)26(17)23(28)16-24-20-7-3-5-9-22(20)25-14-12-19(27)13-15-25/h2-9,17,19,24,27H,10-16H2,1H3/t17-/m0/s1. The molecule has 2 heterocycles. The van der Waals surface area contributed by atoms with E-state index in [9.17, 15) is 9.90 Å². The molecule has 5 heteroatoms. The number of carbonyl (C=O) groups is 1. The SMILES string of the molecule is C[C@H]1CCc2ccccc2N1C(=O)CNc1ccccc1N1CCC(O)CC1. The molecule has 4 rings (SSSR count). The average Bonchev–Trinajstić information content (AvgIpc) is 2.73. The number of aliphatic hydroxyl groups is 1. The number of carbonyl (C=O) groups excluding carboxylic acids is 1. The van der Waals surface area contributed by atoms with Crippen molar-refractivity contribution in [3.63, 3.8) is 0 Å². The van der Waals surface area contributed by atoms with E-state index in [0.717, 1.165) is 55.8 Å². The number of hydrogen-bond donors (Lipinski definition) is 2. The number of rotatable bonds is 4. The summed E-state index contributed by atoms with van der Waals surface area (Å²) in [7, 11) is 0. The highest BCUT2D eigenvalue weighted by molar-refractivity contribution is 5.98. The van der Waals surface area contributed by atoms with Crippen LogP contribution in [0.3, 0.4) is 0 Å². The Morgan fingerprint density at radius 1 is 1.04 bits per heavy atom. The molecule has 0 radical (unpaired) electrons. The summed E-state index contributed by atoms with van der Waals surface area (Å²) in [5.41, 5.74) is 4.38. The predicted molar refractivity (Wildman–Crippen MR) is 114 cm³/mol. The maximum absolute atomic E-state index is 13.1. The molecule has 1 saturated heterocycles. The van der Waals surface area contributed by atoms with Gasteiger partial charge in [-0.1, -0.05) is 30.3 Å². The Kier molecular flexibility index (Phi) is 5.53. The van der Waals surface area contributed by atoms with Gasteiger partial charge in [0.05, 0.1) is 24.0 Å². The fraction of sp³-hybridized carbons (Fsp3) is 0.435. The van der Waals surface area contributed by atoms with Crippen molar-refractivity contribution in [1.29, 1.82) is 0 Å². The first kappa shape index (κ1) is 18.8. The number of aryl methyl sites for hydroxylation is 1. The highest BCUT2D eigenvalue weighted by atomic mass is 16.3. The number of anilines is 3. The topological polar surface area (TPSA) is 55.8 Å². The Balaban J connectivity index is 1.47. The van der Waals surface area contributed by atoms with Crippen LogP contribution in [-0.4, -0.2) is 42.8 Å². The van der Waals surface area contributed by atoms with Crippen LogP contribution in [0, 0.1) is 0 Å². The molecule has 0 aromatic heterocycles. The highest BCUT2D eigenvalue weighted by Gasteiger charge is 2.28. The molecule has 0 unspecified atom stereocenters. The Morgan fingerprint density at radius 3 is 2.50 bits per heavy atom. The van der Waals surface area contributed by atoms with Crippen LogP contribution in [0.5, 0.6) is 0 Å². The smallest absolute Gasteiger partial charge is 0.246 e. The zero-order valence-corrected chi connectivity index (χ0v) is 16.5. The van der Waals surface area contributed by atoms with Crippen molar-refractivity contribution < 1.29 is 9.90 Å². The van der Waals surface area contributed by atoms with Crippen LogP contribution in [0.2, 0.25) is 0 Å². The molecular formula is C23H29N3O2. The summed E-state index contributed by atoms with van der Waals surface area (Å²) < 4.78 is 0. The van der Waals surface area contributed by atoms with E-state index < -0.39 is 0 Å². The summed E-state index contributed by atoms with van der Waals surface area (Å²) in [6, 6.07) is 16.6. The van der Waals surface area contributed by atoms with E-state index in [-0.39, 0.29) is 24.6 Å². The summed E-state index contributed by atoms with van der Waals surface area (Å²) in [5.74, 6) is 0.100. The van der Waals surface area contributed by atoms with Crippen LogP contribution in [0.15, 0.2) is 48.5 Å². The molecule has 0 bridgehead atoms. The van der Waals surface area contributed by atoms with Gasteiger partial charge in [-0.15, -0.1) is 0 Å². The maximum Gasteiger partial charge on any atom is 0.246 e. The van der Waals surface area contributed by atoms with Gasteiger partial charge < -0.3 is 20.2 Å². The van der Waals surface area contributed by atoms with Gasteiger partial charge in [0, 0.05) is 24.8 Å².